The van der Waals surface area contributed by atoms with Crippen molar-refractivity contribution in [2.75, 3.05) is 0 Å². The van der Waals surface area contributed by atoms with Crippen molar-refractivity contribution in [2.24, 2.45) is 0 Å². The Hall–Kier alpha value is -0.840. The van der Waals surface area contributed by atoms with Crippen molar-refractivity contribution in [1.29, 1.82) is 0 Å². The minimum atomic E-state index is -1.04. The lowest BCUT2D eigenvalue weighted by Gasteiger charge is -1.85. The van der Waals surface area contributed by atoms with Crippen LogP contribution < -0.4 is 0 Å². The molecule has 0 fully saturated rings. The fraction of sp³-hybridized carbons (Fsp3) is 0.200. The van der Waals surface area contributed by atoms with E-state index < -0.39 is 5.97 Å². The summed E-state index contributed by atoms with van der Waals surface area (Å²) in [5.74, 6) is -0.731. The van der Waals surface area contributed by atoms with Crippen LogP contribution in [0, 0.1) is 6.92 Å². The Morgan fingerprint density at radius 3 is 2.60 bits per heavy atom. The van der Waals surface area contributed by atoms with Crippen molar-refractivity contribution in [3.8, 4) is 0 Å². The zero-order chi connectivity index (χ0) is 7.72. The number of carbonyl (C=O) groups is 1. The van der Waals surface area contributed by atoms with Crippen LogP contribution in [0.15, 0.2) is 9.13 Å². The molecule has 10 heavy (non-hydrogen) atoms. The highest BCUT2D eigenvalue weighted by molar-refractivity contribution is 9.10. The molecule has 1 heterocycles. The van der Waals surface area contributed by atoms with Gasteiger partial charge in [-0.25, -0.2) is 4.79 Å². The Labute approximate surface area is 64.9 Å². The Morgan fingerprint density at radius 2 is 2.40 bits per heavy atom. The SMILES string of the molecule is Cc1onc(Br)c1C(=O)O. The lowest BCUT2D eigenvalue weighted by atomic mass is 10.3. The van der Waals surface area contributed by atoms with E-state index in [4.69, 9.17) is 5.11 Å². The van der Waals surface area contributed by atoms with Crippen molar-refractivity contribution in [2.45, 2.75) is 6.92 Å². The monoisotopic (exact) mass is 205 g/mol. The summed E-state index contributed by atoms with van der Waals surface area (Å²) in [7, 11) is 0. The maximum absolute atomic E-state index is 10.4. The molecule has 0 aliphatic rings. The molecule has 0 aliphatic carbocycles. The molecule has 0 aliphatic heterocycles. The first kappa shape index (κ1) is 7.27. The molecule has 0 saturated heterocycles. The van der Waals surface area contributed by atoms with E-state index in [0.717, 1.165) is 0 Å². The van der Waals surface area contributed by atoms with Crippen LogP contribution in [-0.2, 0) is 0 Å². The van der Waals surface area contributed by atoms with Gasteiger partial charge in [0.15, 0.2) is 4.60 Å². The normalized spacial score (nSPS) is 9.80. The van der Waals surface area contributed by atoms with E-state index in [2.05, 4.69) is 25.6 Å². The second-order valence-electron chi connectivity index (χ2n) is 1.71. The van der Waals surface area contributed by atoms with E-state index in [1.54, 1.807) is 6.92 Å². The zero-order valence-electron chi connectivity index (χ0n) is 5.09. The number of halogens is 1. The van der Waals surface area contributed by atoms with Gasteiger partial charge in [0.1, 0.15) is 11.3 Å². The molecule has 0 atom stereocenters. The average Bonchev–Trinajstić information content (AvgIpc) is 2.11. The predicted molar refractivity (Wildman–Crippen MR) is 35.9 cm³/mol. The largest absolute Gasteiger partial charge is 0.477 e. The number of aryl methyl sites for hydroxylation is 1. The van der Waals surface area contributed by atoms with Crippen LogP contribution >= 0.6 is 15.9 Å². The molecule has 1 aromatic heterocycles. The van der Waals surface area contributed by atoms with Gasteiger partial charge in [0.25, 0.3) is 0 Å². The van der Waals surface area contributed by atoms with Gasteiger partial charge in [-0.1, -0.05) is 5.16 Å². The highest BCUT2D eigenvalue weighted by Gasteiger charge is 2.16. The number of hydrogen-bond donors (Lipinski definition) is 1. The van der Waals surface area contributed by atoms with Crippen molar-refractivity contribution in [3.05, 3.63) is 15.9 Å². The zero-order valence-corrected chi connectivity index (χ0v) is 6.67. The smallest absolute Gasteiger partial charge is 0.342 e. The van der Waals surface area contributed by atoms with Gasteiger partial charge >= 0.3 is 5.97 Å². The Kier molecular flexibility index (Phi) is 1.76. The highest BCUT2D eigenvalue weighted by atomic mass is 79.9. The molecule has 54 valence electrons. The van der Waals surface area contributed by atoms with E-state index in [0.29, 0.717) is 5.76 Å². The van der Waals surface area contributed by atoms with Gasteiger partial charge in [0, 0.05) is 0 Å². The minimum Gasteiger partial charge on any atom is -0.477 e. The second kappa shape index (κ2) is 2.42. The lowest BCUT2D eigenvalue weighted by Crippen LogP contribution is -1.96. The van der Waals surface area contributed by atoms with Crippen LogP contribution in [-0.4, -0.2) is 16.2 Å². The van der Waals surface area contributed by atoms with Crippen LogP contribution in [0.4, 0.5) is 0 Å². The first-order valence-corrected chi connectivity index (χ1v) is 3.27. The third-order valence-electron chi connectivity index (χ3n) is 1.03. The third kappa shape index (κ3) is 1.04. The molecule has 0 bridgehead atoms. The molecule has 0 saturated carbocycles. The summed E-state index contributed by atoms with van der Waals surface area (Å²) in [4.78, 5) is 10.4. The number of rotatable bonds is 1. The number of aromatic nitrogens is 1. The van der Waals surface area contributed by atoms with Gasteiger partial charge < -0.3 is 9.63 Å². The summed E-state index contributed by atoms with van der Waals surface area (Å²) >= 11 is 2.93. The van der Waals surface area contributed by atoms with Crippen LogP contribution in [0.1, 0.15) is 16.1 Å². The van der Waals surface area contributed by atoms with Gasteiger partial charge in [0.2, 0.25) is 0 Å². The van der Waals surface area contributed by atoms with Gasteiger partial charge in [-0.05, 0) is 22.9 Å². The van der Waals surface area contributed by atoms with Gasteiger partial charge in [-0.3, -0.25) is 0 Å². The summed E-state index contributed by atoms with van der Waals surface area (Å²) in [5.41, 5.74) is 0.0833. The van der Waals surface area contributed by atoms with Crippen LogP contribution in [0.2, 0.25) is 0 Å². The first-order valence-electron chi connectivity index (χ1n) is 2.48. The van der Waals surface area contributed by atoms with E-state index in [-0.39, 0.29) is 10.2 Å². The molecular formula is C5H4BrNO3. The van der Waals surface area contributed by atoms with Crippen LogP contribution in [0.3, 0.4) is 0 Å². The highest BCUT2D eigenvalue weighted by Crippen LogP contribution is 2.18. The third-order valence-corrected chi connectivity index (χ3v) is 1.58. The number of nitrogens with zero attached hydrogens (tertiary/aromatic N) is 1. The molecular weight excluding hydrogens is 202 g/mol. The standard InChI is InChI=1S/C5H4BrNO3/c1-2-3(5(8)9)4(6)7-10-2/h1H3,(H,8,9). The van der Waals surface area contributed by atoms with Crippen molar-refractivity contribution in [3.63, 3.8) is 0 Å². The number of aromatic carboxylic acids is 1. The summed E-state index contributed by atoms with van der Waals surface area (Å²) in [6, 6.07) is 0. The minimum absolute atomic E-state index is 0.0833. The number of carboxylic acid groups (broad SMARTS) is 1. The average molecular weight is 206 g/mol. The topological polar surface area (TPSA) is 63.3 Å². The molecule has 0 amide bonds. The lowest BCUT2D eigenvalue weighted by molar-refractivity contribution is 0.0694. The molecule has 0 unspecified atom stereocenters. The maximum Gasteiger partial charge on any atom is 0.342 e. The molecule has 1 aromatic rings. The van der Waals surface area contributed by atoms with Gasteiger partial charge in [-0.15, -0.1) is 0 Å². The maximum atomic E-state index is 10.4. The first-order chi connectivity index (χ1) is 4.63. The molecule has 0 aromatic carbocycles. The summed E-state index contributed by atoms with van der Waals surface area (Å²) in [6.07, 6.45) is 0. The Balaban J connectivity index is 3.23. The predicted octanol–water partition coefficient (Wildman–Crippen LogP) is 1.44. The molecule has 1 N–H and O–H groups in total. The number of carboxylic acids is 1. The van der Waals surface area contributed by atoms with E-state index in [1.807, 2.05) is 0 Å². The van der Waals surface area contributed by atoms with Gasteiger partial charge in [0.05, 0.1) is 0 Å². The molecule has 1 rings (SSSR count). The van der Waals surface area contributed by atoms with Crippen molar-refractivity contribution >= 4 is 21.9 Å². The second-order valence-corrected chi connectivity index (χ2v) is 2.46. The summed E-state index contributed by atoms with van der Waals surface area (Å²) in [6.45, 7) is 1.54. The van der Waals surface area contributed by atoms with Crippen molar-refractivity contribution in [1.82, 2.24) is 5.16 Å². The number of hydrogen-bond acceptors (Lipinski definition) is 3. The van der Waals surface area contributed by atoms with Crippen LogP contribution in [0.5, 0.6) is 0 Å². The fourth-order valence-corrected chi connectivity index (χ4v) is 1.11. The van der Waals surface area contributed by atoms with Crippen molar-refractivity contribution < 1.29 is 14.4 Å². The van der Waals surface area contributed by atoms with E-state index in [1.165, 1.54) is 0 Å². The molecule has 0 radical (unpaired) electrons. The quantitative estimate of drug-likeness (QED) is 0.754. The Bertz CT molecular complexity index is 248. The van der Waals surface area contributed by atoms with Gasteiger partial charge in [-0.2, -0.15) is 0 Å². The molecule has 4 nitrogen and oxygen atoms in total. The van der Waals surface area contributed by atoms with E-state index >= 15 is 0 Å². The van der Waals surface area contributed by atoms with Crippen LogP contribution in [0.25, 0.3) is 0 Å². The Morgan fingerprint density at radius 1 is 1.80 bits per heavy atom. The molecule has 0 spiro atoms. The van der Waals surface area contributed by atoms with E-state index in [9.17, 15) is 4.79 Å². The molecule has 5 heteroatoms. The fourth-order valence-electron chi connectivity index (χ4n) is 0.584. The summed E-state index contributed by atoms with van der Waals surface area (Å²) in [5, 5.41) is 11.9. The summed E-state index contributed by atoms with van der Waals surface area (Å²) < 4.78 is 4.81.